The quantitative estimate of drug-likeness (QED) is 0.649. The van der Waals surface area contributed by atoms with Gasteiger partial charge in [-0.1, -0.05) is 48.4 Å². The molecule has 0 radical (unpaired) electrons. The Morgan fingerprint density at radius 2 is 1.93 bits per heavy atom. The van der Waals surface area contributed by atoms with Crippen molar-refractivity contribution in [1.29, 1.82) is 0 Å². The number of aryl methyl sites for hydroxylation is 2. The Morgan fingerprint density at radius 1 is 1.13 bits per heavy atom. The summed E-state index contributed by atoms with van der Waals surface area (Å²) in [4.78, 5) is 2.22. The smallest absolute Gasteiger partial charge is 0.119 e. The van der Waals surface area contributed by atoms with Crippen LogP contribution in [-0.2, 0) is 6.42 Å². The van der Waals surface area contributed by atoms with E-state index in [4.69, 9.17) is 4.74 Å². The molecule has 3 rings (SSSR count). The maximum atomic E-state index is 12.4. The summed E-state index contributed by atoms with van der Waals surface area (Å²) >= 11 is 0. The van der Waals surface area contributed by atoms with Gasteiger partial charge in [0.25, 0.3) is 0 Å². The van der Waals surface area contributed by atoms with Crippen molar-refractivity contribution in [3.63, 3.8) is 0 Å². The number of methoxy groups -OCH3 is 1. The fourth-order valence-electron chi connectivity index (χ4n) is 4.78. The van der Waals surface area contributed by atoms with Crippen LogP contribution < -0.4 is 4.74 Å². The van der Waals surface area contributed by atoms with Gasteiger partial charge in [0.15, 0.2) is 0 Å². The van der Waals surface area contributed by atoms with Crippen LogP contribution in [-0.4, -0.2) is 43.4 Å². The maximum absolute atomic E-state index is 12.4. The van der Waals surface area contributed by atoms with Crippen LogP contribution in [0.25, 0.3) is 6.08 Å². The lowest BCUT2D eigenvalue weighted by atomic mass is 9.74. The molecule has 0 aliphatic heterocycles. The monoisotopic (exact) mass is 407 g/mol. The van der Waals surface area contributed by atoms with Crippen molar-refractivity contribution in [2.24, 2.45) is 5.92 Å². The molecule has 0 bridgehead atoms. The second-order valence-electron chi connectivity index (χ2n) is 9.18. The molecule has 1 aliphatic rings. The third-order valence-corrected chi connectivity index (χ3v) is 6.46. The van der Waals surface area contributed by atoms with Crippen LogP contribution in [0, 0.1) is 19.8 Å². The minimum atomic E-state index is -0.859. The minimum absolute atomic E-state index is 0.201. The average Bonchev–Trinajstić information content (AvgIpc) is 2.84. The summed E-state index contributed by atoms with van der Waals surface area (Å²) in [6, 6.07) is 14.7. The average molecular weight is 408 g/mol. The zero-order chi connectivity index (χ0) is 21.7. The van der Waals surface area contributed by atoms with Gasteiger partial charge in [-0.15, -0.1) is 0 Å². The van der Waals surface area contributed by atoms with Gasteiger partial charge in [0.05, 0.1) is 12.7 Å². The molecule has 1 N–H and O–H groups in total. The maximum Gasteiger partial charge on any atom is 0.119 e. The summed E-state index contributed by atoms with van der Waals surface area (Å²) in [5, 5.41) is 12.4. The molecule has 0 spiro atoms. The highest BCUT2D eigenvalue weighted by atomic mass is 16.5. The van der Waals surface area contributed by atoms with E-state index in [1.807, 2.05) is 12.1 Å². The molecule has 2 aromatic rings. The fourth-order valence-corrected chi connectivity index (χ4v) is 4.78. The Morgan fingerprint density at radius 3 is 2.67 bits per heavy atom. The molecule has 1 fully saturated rings. The molecule has 162 valence electrons. The summed E-state index contributed by atoms with van der Waals surface area (Å²) in [6.45, 7) is 5.17. The van der Waals surface area contributed by atoms with E-state index in [-0.39, 0.29) is 5.92 Å². The van der Waals surface area contributed by atoms with Gasteiger partial charge in [-0.25, -0.2) is 0 Å². The van der Waals surface area contributed by atoms with E-state index >= 15 is 0 Å². The molecule has 1 aliphatic carbocycles. The lowest BCUT2D eigenvalue weighted by Gasteiger charge is -2.39. The predicted molar refractivity (Wildman–Crippen MR) is 126 cm³/mol. The van der Waals surface area contributed by atoms with Crippen molar-refractivity contribution in [3.05, 3.63) is 70.3 Å². The molecule has 30 heavy (non-hydrogen) atoms. The zero-order valence-corrected chi connectivity index (χ0v) is 19.2. The second-order valence-corrected chi connectivity index (χ2v) is 9.18. The van der Waals surface area contributed by atoms with E-state index in [1.54, 1.807) is 7.11 Å². The summed E-state index contributed by atoms with van der Waals surface area (Å²) in [7, 11) is 5.91. The first-order chi connectivity index (χ1) is 14.3. The van der Waals surface area contributed by atoms with Crippen molar-refractivity contribution in [3.8, 4) is 5.75 Å². The summed E-state index contributed by atoms with van der Waals surface area (Å²) < 4.78 is 5.42. The first-order valence-corrected chi connectivity index (χ1v) is 11.1. The molecule has 0 saturated heterocycles. The van der Waals surface area contributed by atoms with Crippen molar-refractivity contribution in [2.75, 3.05) is 27.7 Å². The molecule has 0 amide bonds. The number of nitrogens with zero attached hydrogens (tertiary/aromatic N) is 1. The van der Waals surface area contributed by atoms with Gasteiger partial charge in [0.2, 0.25) is 0 Å². The second kappa shape index (κ2) is 9.80. The van der Waals surface area contributed by atoms with Crippen LogP contribution >= 0.6 is 0 Å². The van der Waals surface area contributed by atoms with Crippen LogP contribution in [0.4, 0.5) is 0 Å². The molecule has 2 atom stereocenters. The largest absolute Gasteiger partial charge is 0.497 e. The summed E-state index contributed by atoms with van der Waals surface area (Å²) in [6.07, 6.45) is 7.13. The van der Waals surface area contributed by atoms with Gasteiger partial charge in [-0.2, -0.15) is 0 Å². The minimum Gasteiger partial charge on any atom is -0.497 e. The summed E-state index contributed by atoms with van der Waals surface area (Å²) in [5.74, 6) is 1.05. The van der Waals surface area contributed by atoms with Crippen LogP contribution in [0.15, 0.2) is 48.0 Å². The highest BCUT2D eigenvalue weighted by Crippen LogP contribution is 2.41. The molecule has 3 nitrogen and oxygen atoms in total. The van der Waals surface area contributed by atoms with Crippen molar-refractivity contribution in [1.82, 2.24) is 4.90 Å². The van der Waals surface area contributed by atoms with E-state index in [9.17, 15) is 5.11 Å². The Hall–Kier alpha value is -2.10. The lowest BCUT2D eigenvalue weighted by molar-refractivity contribution is 0.00505. The zero-order valence-electron chi connectivity index (χ0n) is 19.2. The lowest BCUT2D eigenvalue weighted by Crippen LogP contribution is -2.46. The van der Waals surface area contributed by atoms with E-state index in [2.05, 4.69) is 69.3 Å². The molecule has 2 aromatic carbocycles. The molecule has 3 heteroatoms. The topological polar surface area (TPSA) is 32.7 Å². The van der Waals surface area contributed by atoms with Crippen molar-refractivity contribution in [2.45, 2.75) is 51.6 Å². The van der Waals surface area contributed by atoms with Crippen LogP contribution in [0.1, 0.15) is 47.9 Å². The number of benzene rings is 2. The van der Waals surface area contributed by atoms with Crippen LogP contribution in [0.2, 0.25) is 0 Å². The highest BCUT2D eigenvalue weighted by Gasteiger charge is 2.41. The van der Waals surface area contributed by atoms with Crippen LogP contribution in [0.3, 0.4) is 0 Å². The highest BCUT2D eigenvalue weighted by molar-refractivity contribution is 5.58. The number of aliphatic hydroxyl groups is 1. The third-order valence-electron chi connectivity index (χ3n) is 6.46. The number of hydrogen-bond donors (Lipinski definition) is 1. The van der Waals surface area contributed by atoms with Crippen molar-refractivity contribution >= 4 is 6.08 Å². The van der Waals surface area contributed by atoms with Gasteiger partial charge in [-0.05, 0) is 81.6 Å². The first-order valence-electron chi connectivity index (χ1n) is 11.1. The summed E-state index contributed by atoms with van der Waals surface area (Å²) in [5.41, 5.74) is 5.13. The SMILES string of the molecule is COc1cccc(C=C2CCCCC(CN(C)C)C2(O)Cc2cc(C)ccc2C)c1. The number of ether oxygens (including phenoxy) is 1. The van der Waals surface area contributed by atoms with E-state index in [0.29, 0.717) is 6.42 Å². The molecule has 1 saturated carbocycles. The van der Waals surface area contributed by atoms with Gasteiger partial charge < -0.3 is 14.7 Å². The predicted octanol–water partition coefficient (Wildman–Crippen LogP) is 5.42. The van der Waals surface area contributed by atoms with E-state index in [0.717, 1.165) is 49.1 Å². The van der Waals surface area contributed by atoms with E-state index < -0.39 is 5.60 Å². The fraction of sp³-hybridized carbons (Fsp3) is 0.481. The van der Waals surface area contributed by atoms with Gasteiger partial charge in [0, 0.05) is 18.9 Å². The molecule has 0 aromatic heterocycles. The molecule has 0 heterocycles. The Bertz CT molecular complexity index is 886. The van der Waals surface area contributed by atoms with E-state index in [1.165, 1.54) is 16.7 Å². The Labute approximate surface area is 182 Å². The Balaban J connectivity index is 2.08. The standard InChI is InChI=1S/C27H37NO2/c1-20-13-14-21(2)23(15-20)18-27(29)24(10-6-7-11-25(27)19-28(3)4)16-22-9-8-12-26(17-22)30-5/h8-9,12-17,25,29H,6-7,10-11,18-19H2,1-5H3. The van der Waals surface area contributed by atoms with Gasteiger partial charge in [-0.3, -0.25) is 0 Å². The molecule has 2 unspecified atom stereocenters. The third kappa shape index (κ3) is 5.33. The Kier molecular flexibility index (Phi) is 7.38. The normalized spacial score (nSPS) is 23.6. The molecular formula is C27H37NO2. The van der Waals surface area contributed by atoms with Crippen LogP contribution in [0.5, 0.6) is 5.75 Å². The number of hydrogen-bond acceptors (Lipinski definition) is 3. The molecular weight excluding hydrogens is 370 g/mol. The first kappa shape index (κ1) is 22.6. The van der Waals surface area contributed by atoms with Gasteiger partial charge >= 0.3 is 0 Å². The number of rotatable bonds is 6. The van der Waals surface area contributed by atoms with Crippen molar-refractivity contribution < 1.29 is 9.84 Å². The van der Waals surface area contributed by atoms with Gasteiger partial charge in [0.1, 0.15) is 5.75 Å².